The van der Waals surface area contributed by atoms with Crippen LogP contribution in [-0.4, -0.2) is 18.5 Å². The number of halogens is 4. The molecule has 1 saturated heterocycles. The van der Waals surface area contributed by atoms with E-state index in [2.05, 4.69) is 0 Å². The van der Waals surface area contributed by atoms with Crippen LogP contribution >= 0.6 is 11.6 Å². The van der Waals surface area contributed by atoms with Gasteiger partial charge in [-0.1, -0.05) is 25.0 Å². The predicted molar refractivity (Wildman–Crippen MR) is 71.8 cm³/mol. The number of rotatable bonds is 2. The molecule has 106 valence electrons. The highest BCUT2D eigenvalue weighted by Gasteiger charge is 2.35. The predicted octanol–water partition coefficient (Wildman–Crippen LogP) is 4.69. The summed E-state index contributed by atoms with van der Waals surface area (Å²) in [6, 6.07) is 5.77. The van der Waals surface area contributed by atoms with Gasteiger partial charge in [-0.25, -0.2) is 0 Å². The number of alkyl halides is 4. The van der Waals surface area contributed by atoms with Gasteiger partial charge in [-0.15, -0.1) is 11.6 Å². The first kappa shape index (κ1) is 14.5. The normalized spacial score (nSPS) is 21.3. The van der Waals surface area contributed by atoms with E-state index in [1.165, 1.54) is 6.07 Å². The SMILES string of the molecule is FC(F)(F)c1ccccc1N1CCCCCC1CCl. The van der Waals surface area contributed by atoms with Crippen LogP contribution in [0, 0.1) is 0 Å². The van der Waals surface area contributed by atoms with Gasteiger partial charge in [0.25, 0.3) is 0 Å². The van der Waals surface area contributed by atoms with E-state index >= 15 is 0 Å². The van der Waals surface area contributed by atoms with Gasteiger partial charge in [0.2, 0.25) is 0 Å². The molecule has 2 rings (SSSR count). The lowest BCUT2D eigenvalue weighted by Gasteiger charge is -2.32. The molecule has 1 atom stereocenters. The van der Waals surface area contributed by atoms with E-state index in [1.807, 2.05) is 4.90 Å². The summed E-state index contributed by atoms with van der Waals surface area (Å²) in [7, 11) is 0. The molecule has 1 aliphatic heterocycles. The minimum absolute atomic E-state index is 0.00679. The zero-order chi connectivity index (χ0) is 13.9. The van der Waals surface area contributed by atoms with Crippen LogP contribution in [0.4, 0.5) is 18.9 Å². The molecule has 19 heavy (non-hydrogen) atoms. The Morgan fingerprint density at radius 1 is 1.16 bits per heavy atom. The van der Waals surface area contributed by atoms with Crippen molar-refractivity contribution in [1.82, 2.24) is 0 Å². The quantitative estimate of drug-likeness (QED) is 0.714. The summed E-state index contributed by atoms with van der Waals surface area (Å²) < 4.78 is 39.2. The van der Waals surface area contributed by atoms with Crippen LogP contribution in [0.2, 0.25) is 0 Å². The monoisotopic (exact) mass is 291 g/mol. The fourth-order valence-electron chi connectivity index (χ4n) is 2.62. The molecule has 1 nitrogen and oxygen atoms in total. The number of benzene rings is 1. The maximum atomic E-state index is 13.1. The van der Waals surface area contributed by atoms with Crippen LogP contribution < -0.4 is 4.90 Å². The van der Waals surface area contributed by atoms with Crippen molar-refractivity contribution in [1.29, 1.82) is 0 Å². The summed E-state index contributed by atoms with van der Waals surface area (Å²) in [5.41, 5.74) is -0.297. The Labute approximate surface area is 116 Å². The Morgan fingerprint density at radius 2 is 1.89 bits per heavy atom. The molecule has 1 fully saturated rings. The first-order valence-corrected chi connectivity index (χ1v) is 7.06. The van der Waals surface area contributed by atoms with Crippen LogP contribution in [0.1, 0.15) is 31.2 Å². The van der Waals surface area contributed by atoms with Crippen LogP contribution in [-0.2, 0) is 6.18 Å². The second-order valence-corrected chi connectivity index (χ2v) is 5.17. The van der Waals surface area contributed by atoms with Crippen LogP contribution in [0.25, 0.3) is 0 Å². The van der Waals surface area contributed by atoms with Gasteiger partial charge >= 0.3 is 6.18 Å². The number of hydrogen-bond donors (Lipinski definition) is 0. The van der Waals surface area contributed by atoms with Crippen molar-refractivity contribution in [3.05, 3.63) is 29.8 Å². The molecule has 5 heteroatoms. The Bertz CT molecular complexity index is 419. The Hall–Kier alpha value is -0.900. The van der Waals surface area contributed by atoms with Gasteiger partial charge in [-0.2, -0.15) is 13.2 Å². The highest BCUT2D eigenvalue weighted by molar-refractivity contribution is 6.18. The van der Waals surface area contributed by atoms with E-state index in [0.29, 0.717) is 12.4 Å². The summed E-state index contributed by atoms with van der Waals surface area (Å²) in [5.74, 6) is 0.367. The first-order valence-electron chi connectivity index (χ1n) is 6.53. The van der Waals surface area contributed by atoms with Crippen LogP contribution in [0.5, 0.6) is 0 Å². The molecule has 1 aliphatic rings. The molecule has 0 radical (unpaired) electrons. The third-order valence-electron chi connectivity index (χ3n) is 3.57. The second-order valence-electron chi connectivity index (χ2n) is 4.87. The van der Waals surface area contributed by atoms with E-state index in [-0.39, 0.29) is 11.7 Å². The van der Waals surface area contributed by atoms with E-state index in [9.17, 15) is 13.2 Å². The van der Waals surface area contributed by atoms with Crippen molar-refractivity contribution in [2.45, 2.75) is 37.9 Å². The molecule has 0 spiro atoms. The summed E-state index contributed by atoms with van der Waals surface area (Å²) >= 11 is 5.94. The lowest BCUT2D eigenvalue weighted by Crippen LogP contribution is -2.37. The van der Waals surface area contributed by atoms with Gasteiger partial charge in [-0.05, 0) is 25.0 Å². The Morgan fingerprint density at radius 3 is 2.58 bits per heavy atom. The zero-order valence-electron chi connectivity index (χ0n) is 10.6. The number of hydrogen-bond acceptors (Lipinski definition) is 1. The molecule has 0 saturated carbocycles. The van der Waals surface area contributed by atoms with Crippen molar-refractivity contribution in [2.75, 3.05) is 17.3 Å². The molecule has 1 heterocycles. The summed E-state index contributed by atoms with van der Waals surface area (Å²) in [6.45, 7) is 0.643. The topological polar surface area (TPSA) is 3.24 Å². The summed E-state index contributed by atoms with van der Waals surface area (Å²) in [4.78, 5) is 1.84. The minimum Gasteiger partial charge on any atom is -0.367 e. The molecule has 1 aromatic rings. The molecule has 0 bridgehead atoms. The van der Waals surface area contributed by atoms with Crippen molar-refractivity contribution < 1.29 is 13.2 Å². The Kier molecular flexibility index (Phi) is 4.61. The zero-order valence-corrected chi connectivity index (χ0v) is 11.3. The number of anilines is 1. The fraction of sp³-hybridized carbons (Fsp3) is 0.571. The summed E-state index contributed by atoms with van der Waals surface area (Å²) in [6.07, 6.45) is -0.463. The molecule has 0 aromatic heterocycles. The minimum atomic E-state index is -4.32. The summed E-state index contributed by atoms with van der Waals surface area (Å²) in [5, 5.41) is 0. The lowest BCUT2D eigenvalue weighted by atomic mass is 10.1. The average molecular weight is 292 g/mol. The third kappa shape index (κ3) is 3.35. The molecule has 0 N–H and O–H groups in total. The lowest BCUT2D eigenvalue weighted by molar-refractivity contribution is -0.137. The van der Waals surface area contributed by atoms with Crippen molar-refractivity contribution in [3.63, 3.8) is 0 Å². The molecule has 1 aromatic carbocycles. The smallest absolute Gasteiger partial charge is 0.367 e. The van der Waals surface area contributed by atoms with E-state index in [0.717, 1.165) is 31.7 Å². The van der Waals surface area contributed by atoms with E-state index in [1.54, 1.807) is 12.1 Å². The van der Waals surface area contributed by atoms with Crippen LogP contribution in [0.3, 0.4) is 0 Å². The highest BCUT2D eigenvalue weighted by atomic mass is 35.5. The fourth-order valence-corrected chi connectivity index (χ4v) is 2.94. The van der Waals surface area contributed by atoms with Gasteiger partial charge in [0.05, 0.1) is 5.56 Å². The van der Waals surface area contributed by atoms with Crippen molar-refractivity contribution in [2.24, 2.45) is 0 Å². The van der Waals surface area contributed by atoms with Gasteiger partial charge < -0.3 is 4.90 Å². The molecule has 1 unspecified atom stereocenters. The number of para-hydroxylation sites is 1. The molecule has 0 amide bonds. The van der Waals surface area contributed by atoms with E-state index in [4.69, 9.17) is 11.6 Å². The van der Waals surface area contributed by atoms with E-state index < -0.39 is 11.7 Å². The number of nitrogens with zero attached hydrogens (tertiary/aromatic N) is 1. The van der Waals surface area contributed by atoms with Crippen LogP contribution in [0.15, 0.2) is 24.3 Å². The third-order valence-corrected chi connectivity index (χ3v) is 3.93. The average Bonchev–Trinajstić information content (AvgIpc) is 2.62. The maximum Gasteiger partial charge on any atom is 0.418 e. The van der Waals surface area contributed by atoms with Gasteiger partial charge in [-0.3, -0.25) is 0 Å². The largest absolute Gasteiger partial charge is 0.418 e. The highest BCUT2D eigenvalue weighted by Crippen LogP contribution is 2.38. The van der Waals surface area contributed by atoms with Gasteiger partial charge in [0.15, 0.2) is 0 Å². The van der Waals surface area contributed by atoms with Crippen molar-refractivity contribution >= 4 is 17.3 Å². The van der Waals surface area contributed by atoms with Gasteiger partial charge in [0, 0.05) is 24.2 Å². The second kappa shape index (κ2) is 6.04. The standard InChI is InChI=1S/C14H17ClF3N/c15-10-11-6-2-1-5-9-19(11)13-8-4-3-7-12(13)14(16,17)18/h3-4,7-8,11H,1-2,5-6,9-10H2. The van der Waals surface area contributed by atoms with Gasteiger partial charge in [0.1, 0.15) is 0 Å². The molecular formula is C14H17ClF3N. The molecular weight excluding hydrogens is 275 g/mol. The first-order chi connectivity index (χ1) is 9.04. The Balaban J connectivity index is 2.38. The van der Waals surface area contributed by atoms with Crippen molar-refractivity contribution in [3.8, 4) is 0 Å². The molecule has 0 aliphatic carbocycles. The maximum absolute atomic E-state index is 13.1.